The molecule has 0 bridgehead atoms. The van der Waals surface area contributed by atoms with Gasteiger partial charge in [-0.3, -0.25) is 4.79 Å². The molecule has 0 spiro atoms. The lowest BCUT2D eigenvalue weighted by atomic mass is 9.99. The topological polar surface area (TPSA) is 50.7 Å². The highest BCUT2D eigenvalue weighted by molar-refractivity contribution is 6.32. The Hall–Kier alpha value is -1.55. The van der Waals surface area contributed by atoms with E-state index in [2.05, 4.69) is 10.5 Å². The summed E-state index contributed by atoms with van der Waals surface area (Å²) in [7, 11) is 1.55. The fourth-order valence-electron chi connectivity index (χ4n) is 1.51. The van der Waals surface area contributed by atoms with Crippen molar-refractivity contribution in [2.45, 2.75) is 13.8 Å². The largest absolute Gasteiger partial charge is 0.494 e. The number of halogens is 1. The van der Waals surface area contributed by atoms with Crippen LogP contribution in [-0.2, 0) is 4.79 Å². The van der Waals surface area contributed by atoms with Gasteiger partial charge in [-0.05, 0) is 18.1 Å². The number of methoxy groups -OCH3 is 1. The number of hydrogen-bond donors (Lipinski definition) is 1. The lowest BCUT2D eigenvalue weighted by molar-refractivity contribution is -0.109. The Labute approximate surface area is 106 Å². The number of carbonyl (C=O) groups excluding carboxylic acids is 1. The van der Waals surface area contributed by atoms with Crippen LogP contribution < -0.4 is 10.2 Å². The fourth-order valence-corrected chi connectivity index (χ4v) is 1.77. The molecule has 0 saturated heterocycles. The minimum Gasteiger partial charge on any atom is -0.494 e. The number of nitrogens with zero attached hydrogens (tertiary/aromatic N) is 1. The smallest absolute Gasteiger partial charge is 0.227 e. The first-order chi connectivity index (χ1) is 8.11. The molecule has 0 saturated carbocycles. The molecule has 0 heterocycles. The van der Waals surface area contributed by atoms with Crippen molar-refractivity contribution in [3.05, 3.63) is 28.8 Å². The summed E-state index contributed by atoms with van der Waals surface area (Å²) in [5.74, 6) is 0.698. The van der Waals surface area contributed by atoms with Crippen molar-refractivity contribution < 1.29 is 9.53 Å². The molecule has 1 aromatic carbocycles. The molecule has 0 radical (unpaired) electrons. The number of benzene rings is 1. The van der Waals surface area contributed by atoms with Crippen LogP contribution in [0.3, 0.4) is 0 Å². The maximum Gasteiger partial charge on any atom is 0.227 e. The van der Waals surface area contributed by atoms with Gasteiger partial charge >= 0.3 is 0 Å². The van der Waals surface area contributed by atoms with Gasteiger partial charge in [0.1, 0.15) is 5.75 Å². The summed E-state index contributed by atoms with van der Waals surface area (Å²) in [5, 5.41) is 4.54. The normalized spacial score (nSPS) is 11.5. The minimum atomic E-state index is 0.134. The second kappa shape index (κ2) is 6.25. The van der Waals surface area contributed by atoms with Crippen LogP contribution in [-0.4, -0.2) is 19.2 Å². The van der Waals surface area contributed by atoms with Crippen LogP contribution in [0.2, 0.25) is 5.02 Å². The van der Waals surface area contributed by atoms with Gasteiger partial charge in [0.05, 0.1) is 17.8 Å². The Morgan fingerprint density at radius 1 is 1.53 bits per heavy atom. The number of hydrazone groups is 1. The minimum absolute atomic E-state index is 0.134. The van der Waals surface area contributed by atoms with E-state index in [0.717, 1.165) is 11.3 Å². The van der Waals surface area contributed by atoms with E-state index in [9.17, 15) is 4.79 Å². The van der Waals surface area contributed by atoms with Crippen molar-refractivity contribution >= 4 is 23.7 Å². The van der Waals surface area contributed by atoms with Crippen LogP contribution in [0.15, 0.2) is 23.3 Å². The summed E-state index contributed by atoms with van der Waals surface area (Å²) in [5.41, 5.74) is 3.81. The second-order valence-electron chi connectivity index (χ2n) is 3.72. The number of rotatable bonds is 5. The van der Waals surface area contributed by atoms with Gasteiger partial charge in [-0.2, -0.15) is 5.10 Å². The Morgan fingerprint density at radius 3 is 2.76 bits per heavy atom. The van der Waals surface area contributed by atoms with Crippen molar-refractivity contribution in [1.29, 1.82) is 0 Å². The summed E-state index contributed by atoms with van der Waals surface area (Å²) in [4.78, 5) is 10.3. The molecule has 0 unspecified atom stereocenters. The number of ether oxygens (including phenoxy) is 1. The van der Waals surface area contributed by atoms with Crippen LogP contribution in [0.25, 0.3) is 0 Å². The Bertz CT molecular complexity index is 431. The van der Waals surface area contributed by atoms with Gasteiger partial charge in [0.2, 0.25) is 6.41 Å². The fraction of sp³-hybridized carbons (Fsp3) is 0.333. The lowest BCUT2D eigenvalue weighted by Crippen LogP contribution is -2.16. The predicted molar refractivity (Wildman–Crippen MR) is 68.6 cm³/mol. The molecule has 17 heavy (non-hydrogen) atoms. The zero-order chi connectivity index (χ0) is 12.8. The molecule has 1 amide bonds. The number of amides is 1. The maximum atomic E-state index is 10.3. The van der Waals surface area contributed by atoms with Crippen molar-refractivity contribution in [3.8, 4) is 5.75 Å². The Balaban J connectivity index is 3.27. The second-order valence-corrected chi connectivity index (χ2v) is 4.13. The van der Waals surface area contributed by atoms with Crippen molar-refractivity contribution in [2.24, 2.45) is 11.0 Å². The standard InChI is InChI=1S/C12H15ClN2O2/c1-8(2)11(15-14-7-16)9-5-4-6-10(13)12(9)17-3/h4-8H,1-3H3,(H,14,16). The Kier molecular flexibility index (Phi) is 4.97. The van der Waals surface area contributed by atoms with Crippen molar-refractivity contribution in [3.63, 3.8) is 0 Å². The van der Waals surface area contributed by atoms with Gasteiger partial charge < -0.3 is 4.74 Å². The molecule has 5 heteroatoms. The lowest BCUT2D eigenvalue weighted by Gasteiger charge is -2.14. The van der Waals surface area contributed by atoms with Gasteiger partial charge in [-0.25, -0.2) is 5.43 Å². The molecule has 0 atom stereocenters. The first-order valence-electron chi connectivity index (χ1n) is 5.21. The monoisotopic (exact) mass is 254 g/mol. The van der Waals surface area contributed by atoms with E-state index in [-0.39, 0.29) is 5.92 Å². The third-order valence-electron chi connectivity index (χ3n) is 2.23. The molecule has 0 aliphatic rings. The van der Waals surface area contributed by atoms with Crippen LogP contribution in [0.5, 0.6) is 5.75 Å². The van der Waals surface area contributed by atoms with Crippen molar-refractivity contribution in [2.75, 3.05) is 7.11 Å². The zero-order valence-electron chi connectivity index (χ0n) is 10.0. The summed E-state index contributed by atoms with van der Waals surface area (Å²) >= 11 is 6.04. The van der Waals surface area contributed by atoms with Crippen LogP contribution in [0.1, 0.15) is 19.4 Å². The predicted octanol–water partition coefficient (Wildman–Crippen LogP) is 2.45. The van der Waals surface area contributed by atoms with Crippen LogP contribution in [0.4, 0.5) is 0 Å². The molecule has 92 valence electrons. The van der Waals surface area contributed by atoms with Crippen molar-refractivity contribution in [1.82, 2.24) is 5.43 Å². The maximum absolute atomic E-state index is 10.3. The van der Waals surface area contributed by atoms with E-state index < -0.39 is 0 Å². The average Bonchev–Trinajstić information content (AvgIpc) is 2.29. The molecule has 0 aromatic heterocycles. The highest BCUT2D eigenvalue weighted by Gasteiger charge is 2.16. The number of hydrogen-bond acceptors (Lipinski definition) is 3. The molecule has 4 nitrogen and oxygen atoms in total. The molecule has 1 aromatic rings. The SMILES string of the molecule is COc1c(Cl)cccc1C(=NNC=O)C(C)C. The third-order valence-corrected chi connectivity index (χ3v) is 2.53. The molecule has 0 aliphatic heterocycles. The third kappa shape index (κ3) is 3.20. The summed E-state index contributed by atoms with van der Waals surface area (Å²) in [6.45, 7) is 3.96. The highest BCUT2D eigenvalue weighted by Crippen LogP contribution is 2.30. The van der Waals surface area contributed by atoms with E-state index in [1.54, 1.807) is 13.2 Å². The number of nitrogens with one attached hydrogen (secondary N) is 1. The molecule has 1 rings (SSSR count). The van der Waals surface area contributed by atoms with Gasteiger partial charge in [0.25, 0.3) is 0 Å². The van der Waals surface area contributed by atoms with Gasteiger partial charge in [0, 0.05) is 5.56 Å². The van der Waals surface area contributed by atoms with Gasteiger partial charge in [0.15, 0.2) is 0 Å². The van der Waals surface area contributed by atoms with Gasteiger partial charge in [-0.1, -0.05) is 31.5 Å². The first kappa shape index (κ1) is 13.5. The van der Waals surface area contributed by atoms with Gasteiger partial charge in [-0.15, -0.1) is 0 Å². The number of para-hydroxylation sites is 1. The summed E-state index contributed by atoms with van der Waals surface area (Å²) in [6.07, 6.45) is 0.527. The average molecular weight is 255 g/mol. The quantitative estimate of drug-likeness (QED) is 0.499. The zero-order valence-corrected chi connectivity index (χ0v) is 10.8. The number of carbonyl (C=O) groups is 1. The highest BCUT2D eigenvalue weighted by atomic mass is 35.5. The molecule has 1 N–H and O–H groups in total. The molecular weight excluding hydrogens is 240 g/mol. The summed E-state index contributed by atoms with van der Waals surface area (Å²) < 4.78 is 5.26. The molecular formula is C12H15ClN2O2. The van der Waals surface area contributed by atoms with Crippen LogP contribution in [0, 0.1) is 5.92 Å². The molecule has 0 aliphatic carbocycles. The Morgan fingerprint density at radius 2 is 2.24 bits per heavy atom. The van der Waals surface area contributed by atoms with E-state index in [0.29, 0.717) is 17.2 Å². The van der Waals surface area contributed by atoms with Crippen LogP contribution >= 0.6 is 11.6 Å². The molecule has 0 fully saturated rings. The summed E-state index contributed by atoms with van der Waals surface area (Å²) in [6, 6.07) is 5.42. The van der Waals surface area contributed by atoms with E-state index in [4.69, 9.17) is 16.3 Å². The van der Waals surface area contributed by atoms with E-state index >= 15 is 0 Å². The van der Waals surface area contributed by atoms with E-state index in [1.165, 1.54) is 0 Å². The van der Waals surface area contributed by atoms with E-state index in [1.807, 2.05) is 26.0 Å². The first-order valence-corrected chi connectivity index (χ1v) is 5.59.